The molecule has 1 heterocycles. The standard InChI is InChI=1S/C19H22N2O6/c1-18(2,3)27-16(24)20-19(4,5)15(23)21-13(14(22)26-17(21)25)11-12-9-7-6-8-10-12/h6-11H,1-5H3,(H,20,24)/b13-11+. The molecule has 0 spiro atoms. The highest BCUT2D eigenvalue weighted by Gasteiger charge is 2.46. The van der Waals surface area contributed by atoms with Gasteiger partial charge in [0.2, 0.25) is 0 Å². The van der Waals surface area contributed by atoms with Gasteiger partial charge in [0.25, 0.3) is 5.91 Å². The highest BCUT2D eigenvalue weighted by molar-refractivity contribution is 6.16. The lowest BCUT2D eigenvalue weighted by Crippen LogP contribution is -2.56. The van der Waals surface area contributed by atoms with E-state index in [4.69, 9.17) is 4.74 Å². The van der Waals surface area contributed by atoms with E-state index in [0.717, 1.165) is 0 Å². The largest absolute Gasteiger partial charge is 0.444 e. The monoisotopic (exact) mass is 374 g/mol. The van der Waals surface area contributed by atoms with Crippen molar-refractivity contribution in [2.75, 3.05) is 0 Å². The highest BCUT2D eigenvalue weighted by atomic mass is 16.6. The molecule has 0 aliphatic carbocycles. The Kier molecular flexibility index (Phi) is 5.39. The van der Waals surface area contributed by atoms with E-state index < -0.39 is 35.2 Å². The van der Waals surface area contributed by atoms with Gasteiger partial charge in [-0.25, -0.2) is 19.3 Å². The second-order valence-electron chi connectivity index (χ2n) is 7.49. The average molecular weight is 374 g/mol. The van der Waals surface area contributed by atoms with Crippen LogP contribution in [0.5, 0.6) is 0 Å². The van der Waals surface area contributed by atoms with Crippen LogP contribution in [0.2, 0.25) is 0 Å². The van der Waals surface area contributed by atoms with Gasteiger partial charge < -0.3 is 14.8 Å². The molecule has 0 unspecified atom stereocenters. The van der Waals surface area contributed by atoms with Crippen molar-refractivity contribution in [1.82, 2.24) is 10.2 Å². The summed E-state index contributed by atoms with van der Waals surface area (Å²) in [6, 6.07) is 8.69. The van der Waals surface area contributed by atoms with E-state index in [1.165, 1.54) is 19.9 Å². The number of hydrogen-bond donors (Lipinski definition) is 1. The first-order chi connectivity index (χ1) is 12.4. The molecule has 1 fully saturated rings. The molecule has 0 aromatic heterocycles. The Morgan fingerprint density at radius 3 is 2.22 bits per heavy atom. The van der Waals surface area contributed by atoms with Crippen LogP contribution in [0.15, 0.2) is 36.0 Å². The Balaban J connectivity index is 2.28. The highest BCUT2D eigenvalue weighted by Crippen LogP contribution is 2.24. The molecule has 1 aliphatic rings. The number of cyclic esters (lactones) is 2. The molecular weight excluding hydrogens is 352 g/mol. The van der Waals surface area contributed by atoms with Crippen molar-refractivity contribution < 1.29 is 28.7 Å². The van der Waals surface area contributed by atoms with E-state index in [0.29, 0.717) is 10.5 Å². The first-order valence-electron chi connectivity index (χ1n) is 8.29. The summed E-state index contributed by atoms with van der Waals surface area (Å²) in [6.45, 7) is 7.83. The molecule has 8 heteroatoms. The van der Waals surface area contributed by atoms with Gasteiger partial charge in [0, 0.05) is 0 Å². The molecule has 0 atom stereocenters. The first-order valence-corrected chi connectivity index (χ1v) is 8.29. The van der Waals surface area contributed by atoms with Gasteiger partial charge in [-0.3, -0.25) is 4.79 Å². The third kappa shape index (κ3) is 4.93. The number of rotatable bonds is 3. The lowest BCUT2D eigenvalue weighted by atomic mass is 10.0. The van der Waals surface area contributed by atoms with Gasteiger partial charge >= 0.3 is 18.2 Å². The van der Waals surface area contributed by atoms with Crippen LogP contribution >= 0.6 is 0 Å². The Morgan fingerprint density at radius 2 is 1.67 bits per heavy atom. The minimum Gasteiger partial charge on any atom is -0.444 e. The summed E-state index contributed by atoms with van der Waals surface area (Å²) in [5, 5.41) is 2.41. The summed E-state index contributed by atoms with van der Waals surface area (Å²) >= 11 is 0. The Morgan fingerprint density at radius 1 is 1.07 bits per heavy atom. The van der Waals surface area contributed by atoms with Crippen LogP contribution in [-0.4, -0.2) is 40.1 Å². The second kappa shape index (κ2) is 7.22. The van der Waals surface area contributed by atoms with Gasteiger partial charge in [0.05, 0.1) is 0 Å². The van der Waals surface area contributed by atoms with Crippen molar-refractivity contribution in [3.8, 4) is 0 Å². The molecular formula is C19H22N2O6. The van der Waals surface area contributed by atoms with E-state index in [1.807, 2.05) is 0 Å². The first kappa shape index (κ1) is 20.2. The molecule has 1 aromatic rings. The second-order valence-corrected chi connectivity index (χ2v) is 7.49. The van der Waals surface area contributed by atoms with E-state index in [-0.39, 0.29) is 5.70 Å². The summed E-state index contributed by atoms with van der Waals surface area (Å²) in [5.74, 6) is -1.77. The quantitative estimate of drug-likeness (QED) is 0.496. The molecule has 144 valence electrons. The predicted molar refractivity (Wildman–Crippen MR) is 96.2 cm³/mol. The van der Waals surface area contributed by atoms with Crippen molar-refractivity contribution in [1.29, 1.82) is 0 Å². The Hall–Kier alpha value is -3.16. The number of ether oxygens (including phenoxy) is 2. The number of amides is 3. The zero-order valence-electron chi connectivity index (χ0n) is 15.9. The van der Waals surface area contributed by atoms with E-state index in [9.17, 15) is 19.2 Å². The van der Waals surface area contributed by atoms with Crippen LogP contribution in [0.3, 0.4) is 0 Å². The van der Waals surface area contributed by atoms with E-state index in [2.05, 4.69) is 10.1 Å². The SMILES string of the molecule is CC(C)(C)OC(=O)NC(C)(C)C(=O)N1C(=O)OC(=O)/C1=C\c1ccccc1. The Labute approximate surface area is 157 Å². The number of benzene rings is 1. The fourth-order valence-electron chi connectivity index (χ4n) is 2.28. The average Bonchev–Trinajstić information content (AvgIpc) is 2.79. The number of imide groups is 1. The third-order valence-corrected chi connectivity index (χ3v) is 3.47. The van der Waals surface area contributed by atoms with Crippen LogP contribution in [0.1, 0.15) is 40.2 Å². The van der Waals surface area contributed by atoms with Crippen molar-refractivity contribution in [3.63, 3.8) is 0 Å². The zero-order chi connectivity index (χ0) is 20.4. The fraction of sp³-hybridized carbons (Fsp3) is 0.368. The topological polar surface area (TPSA) is 102 Å². The number of alkyl carbamates (subject to hydrolysis) is 1. The van der Waals surface area contributed by atoms with E-state index >= 15 is 0 Å². The summed E-state index contributed by atoms with van der Waals surface area (Å²) in [7, 11) is 0. The third-order valence-electron chi connectivity index (χ3n) is 3.47. The predicted octanol–water partition coefficient (Wildman–Crippen LogP) is 2.84. The fourth-order valence-corrected chi connectivity index (χ4v) is 2.28. The number of carbonyl (C=O) groups excluding carboxylic acids is 4. The van der Waals surface area contributed by atoms with Gasteiger partial charge in [-0.2, -0.15) is 0 Å². The van der Waals surface area contributed by atoms with E-state index in [1.54, 1.807) is 51.1 Å². The van der Waals surface area contributed by atoms with Crippen LogP contribution in [-0.2, 0) is 19.1 Å². The number of esters is 1. The lowest BCUT2D eigenvalue weighted by Gasteiger charge is -2.29. The maximum absolute atomic E-state index is 12.9. The molecule has 8 nitrogen and oxygen atoms in total. The van der Waals surface area contributed by atoms with Gasteiger partial charge in [0.1, 0.15) is 16.8 Å². The molecule has 1 aromatic carbocycles. The normalized spacial score (nSPS) is 16.3. The minimum absolute atomic E-state index is 0.227. The molecule has 1 N–H and O–H groups in total. The number of hydrogen-bond acceptors (Lipinski definition) is 6. The molecule has 27 heavy (non-hydrogen) atoms. The Bertz CT molecular complexity index is 805. The zero-order valence-corrected chi connectivity index (χ0v) is 15.9. The van der Waals surface area contributed by atoms with Crippen molar-refractivity contribution in [3.05, 3.63) is 41.6 Å². The number of nitrogens with one attached hydrogen (secondary N) is 1. The van der Waals surface area contributed by atoms with Gasteiger partial charge in [-0.1, -0.05) is 30.3 Å². The van der Waals surface area contributed by atoms with Crippen molar-refractivity contribution in [2.45, 2.75) is 45.8 Å². The molecule has 2 rings (SSSR count). The van der Waals surface area contributed by atoms with Crippen molar-refractivity contribution >= 4 is 30.1 Å². The lowest BCUT2D eigenvalue weighted by molar-refractivity contribution is -0.133. The summed E-state index contributed by atoms with van der Waals surface area (Å²) in [6.07, 6.45) is -0.575. The number of nitrogens with zero attached hydrogens (tertiary/aromatic N) is 1. The molecule has 3 amide bonds. The van der Waals surface area contributed by atoms with Gasteiger partial charge in [0.15, 0.2) is 0 Å². The summed E-state index contributed by atoms with van der Waals surface area (Å²) < 4.78 is 9.71. The summed E-state index contributed by atoms with van der Waals surface area (Å²) in [4.78, 5) is 49.6. The molecule has 1 saturated heterocycles. The number of carbonyl (C=O) groups is 4. The molecule has 1 aliphatic heterocycles. The maximum atomic E-state index is 12.9. The van der Waals surface area contributed by atoms with Crippen LogP contribution in [0.25, 0.3) is 6.08 Å². The van der Waals surface area contributed by atoms with Crippen LogP contribution < -0.4 is 5.32 Å². The van der Waals surface area contributed by atoms with Gasteiger partial charge in [-0.05, 0) is 46.3 Å². The summed E-state index contributed by atoms with van der Waals surface area (Å²) in [5.41, 5.74) is -1.91. The molecule has 0 radical (unpaired) electrons. The smallest absolute Gasteiger partial charge is 0.429 e. The van der Waals surface area contributed by atoms with Crippen molar-refractivity contribution in [2.24, 2.45) is 0 Å². The van der Waals surface area contributed by atoms with Crippen LogP contribution in [0.4, 0.5) is 9.59 Å². The van der Waals surface area contributed by atoms with Crippen LogP contribution in [0, 0.1) is 0 Å². The molecule has 0 bridgehead atoms. The maximum Gasteiger partial charge on any atom is 0.429 e. The van der Waals surface area contributed by atoms with Gasteiger partial charge in [-0.15, -0.1) is 0 Å². The molecule has 0 saturated carbocycles. The minimum atomic E-state index is -1.53.